The Labute approximate surface area is 135 Å². The van der Waals surface area contributed by atoms with Crippen molar-refractivity contribution in [1.82, 2.24) is 20.1 Å². The molecule has 0 aliphatic heterocycles. The van der Waals surface area contributed by atoms with Crippen molar-refractivity contribution in [3.8, 4) is 5.69 Å². The molecule has 1 heterocycles. The zero-order valence-electron chi connectivity index (χ0n) is 12.5. The minimum atomic E-state index is -4.43. The first kappa shape index (κ1) is 17.3. The average Bonchev–Trinajstić information content (AvgIpc) is 2.92. The molecule has 0 radical (unpaired) electrons. The van der Waals surface area contributed by atoms with E-state index in [4.69, 9.17) is 0 Å². The fraction of sp³-hybridized carbons (Fsp3) is 0.357. The van der Waals surface area contributed by atoms with E-state index in [1.807, 2.05) is 36.5 Å². The smallest absolute Gasteiger partial charge is 0.346 e. The van der Waals surface area contributed by atoms with Gasteiger partial charge >= 0.3 is 6.18 Å². The number of aryl methyl sites for hydroxylation is 1. The SMILES string of the molecule is Cc1ccccc1-n1cnnc1SC(C)C(=O)NCC(F)(F)F. The Kier molecular flexibility index (Phi) is 5.30. The molecule has 0 fully saturated rings. The Morgan fingerprint density at radius 3 is 2.74 bits per heavy atom. The summed E-state index contributed by atoms with van der Waals surface area (Å²) in [4.78, 5) is 11.7. The zero-order chi connectivity index (χ0) is 17.0. The quantitative estimate of drug-likeness (QED) is 0.848. The van der Waals surface area contributed by atoms with Crippen molar-refractivity contribution in [2.45, 2.75) is 30.4 Å². The van der Waals surface area contributed by atoms with Crippen molar-refractivity contribution in [3.05, 3.63) is 36.2 Å². The third-order valence-electron chi connectivity index (χ3n) is 3.01. The van der Waals surface area contributed by atoms with E-state index in [1.165, 1.54) is 13.3 Å². The van der Waals surface area contributed by atoms with Gasteiger partial charge in [0, 0.05) is 0 Å². The van der Waals surface area contributed by atoms with Crippen LogP contribution in [0.5, 0.6) is 0 Å². The predicted molar refractivity (Wildman–Crippen MR) is 80.5 cm³/mol. The molecule has 1 N–H and O–H groups in total. The van der Waals surface area contributed by atoms with Crippen LogP contribution in [0.1, 0.15) is 12.5 Å². The van der Waals surface area contributed by atoms with E-state index < -0.39 is 23.9 Å². The van der Waals surface area contributed by atoms with Gasteiger partial charge in [-0.25, -0.2) is 0 Å². The van der Waals surface area contributed by atoms with Gasteiger partial charge in [0.2, 0.25) is 5.91 Å². The number of hydrogen-bond acceptors (Lipinski definition) is 4. The maximum atomic E-state index is 12.1. The molecule has 124 valence electrons. The highest BCUT2D eigenvalue weighted by Gasteiger charge is 2.29. The second-order valence-corrected chi connectivity index (χ2v) is 6.17. The highest BCUT2D eigenvalue weighted by molar-refractivity contribution is 8.00. The van der Waals surface area contributed by atoms with Crippen LogP contribution in [0.3, 0.4) is 0 Å². The molecule has 2 aromatic rings. The number of alkyl halides is 3. The molecule has 1 aromatic heterocycles. The van der Waals surface area contributed by atoms with Crippen LogP contribution in [0.15, 0.2) is 35.7 Å². The number of thioether (sulfide) groups is 1. The lowest BCUT2D eigenvalue weighted by atomic mass is 10.2. The highest BCUT2D eigenvalue weighted by atomic mass is 32.2. The molecule has 0 aliphatic carbocycles. The standard InChI is InChI=1S/C14H15F3N4OS/c1-9-5-3-4-6-11(9)21-8-19-20-13(21)23-10(2)12(22)18-7-14(15,16)17/h3-6,8,10H,7H2,1-2H3,(H,18,22). The van der Waals surface area contributed by atoms with Gasteiger partial charge in [0.25, 0.3) is 0 Å². The molecule has 1 amide bonds. The number of nitrogens with one attached hydrogen (secondary N) is 1. The van der Waals surface area contributed by atoms with Crippen LogP contribution in [0, 0.1) is 6.92 Å². The minimum Gasteiger partial charge on any atom is -0.346 e. The second kappa shape index (κ2) is 7.03. The fourth-order valence-electron chi connectivity index (χ4n) is 1.85. The van der Waals surface area contributed by atoms with Gasteiger partial charge in [-0.15, -0.1) is 10.2 Å². The monoisotopic (exact) mass is 344 g/mol. The van der Waals surface area contributed by atoms with E-state index in [0.29, 0.717) is 5.16 Å². The fourth-order valence-corrected chi connectivity index (χ4v) is 2.71. The van der Waals surface area contributed by atoms with Gasteiger partial charge in [-0.3, -0.25) is 9.36 Å². The van der Waals surface area contributed by atoms with Gasteiger partial charge in [-0.05, 0) is 25.5 Å². The molecule has 0 saturated carbocycles. The third kappa shape index (κ3) is 4.72. The summed E-state index contributed by atoms with van der Waals surface area (Å²) in [6, 6.07) is 7.54. The summed E-state index contributed by atoms with van der Waals surface area (Å²) in [5.41, 5.74) is 1.84. The predicted octanol–water partition coefficient (Wildman–Crippen LogP) is 2.73. The normalized spacial score (nSPS) is 12.9. The Morgan fingerprint density at radius 2 is 2.09 bits per heavy atom. The first-order valence-electron chi connectivity index (χ1n) is 6.75. The lowest BCUT2D eigenvalue weighted by molar-refractivity contribution is -0.137. The number of amides is 1. The van der Waals surface area contributed by atoms with E-state index in [-0.39, 0.29) is 0 Å². The Balaban J connectivity index is 2.08. The Bertz CT molecular complexity index is 687. The van der Waals surface area contributed by atoms with Crippen LogP contribution in [-0.4, -0.2) is 38.6 Å². The van der Waals surface area contributed by atoms with Crippen molar-refractivity contribution in [3.63, 3.8) is 0 Å². The Morgan fingerprint density at radius 1 is 1.39 bits per heavy atom. The first-order valence-corrected chi connectivity index (χ1v) is 7.63. The average molecular weight is 344 g/mol. The summed E-state index contributed by atoms with van der Waals surface area (Å²) >= 11 is 1.05. The number of halogens is 3. The van der Waals surface area contributed by atoms with E-state index in [9.17, 15) is 18.0 Å². The van der Waals surface area contributed by atoms with Gasteiger partial charge in [0.05, 0.1) is 10.9 Å². The number of hydrogen-bond donors (Lipinski definition) is 1. The van der Waals surface area contributed by atoms with Gasteiger partial charge in [0.1, 0.15) is 12.9 Å². The molecule has 0 aliphatic rings. The van der Waals surface area contributed by atoms with Gasteiger partial charge in [-0.1, -0.05) is 30.0 Å². The van der Waals surface area contributed by atoms with Crippen LogP contribution >= 0.6 is 11.8 Å². The molecule has 0 saturated heterocycles. The van der Waals surface area contributed by atoms with Crippen LogP contribution in [0.2, 0.25) is 0 Å². The third-order valence-corrected chi connectivity index (χ3v) is 4.06. The zero-order valence-corrected chi connectivity index (χ0v) is 13.3. The van der Waals surface area contributed by atoms with Crippen molar-refractivity contribution in [1.29, 1.82) is 0 Å². The minimum absolute atomic E-state index is 0.439. The number of rotatable bonds is 5. The van der Waals surface area contributed by atoms with Gasteiger partial charge in [-0.2, -0.15) is 13.2 Å². The summed E-state index contributed by atoms with van der Waals surface area (Å²) in [5.74, 6) is -0.702. The molecule has 0 bridgehead atoms. The maximum Gasteiger partial charge on any atom is 0.405 e. The number of para-hydroxylation sites is 1. The van der Waals surface area contributed by atoms with E-state index >= 15 is 0 Å². The molecule has 1 aromatic carbocycles. The summed E-state index contributed by atoms with van der Waals surface area (Å²) in [6.07, 6.45) is -2.92. The molecule has 0 spiro atoms. The molecular weight excluding hydrogens is 329 g/mol. The maximum absolute atomic E-state index is 12.1. The number of benzene rings is 1. The van der Waals surface area contributed by atoms with Crippen molar-refractivity contribution in [2.75, 3.05) is 6.54 Å². The first-order chi connectivity index (χ1) is 10.8. The van der Waals surface area contributed by atoms with E-state index in [2.05, 4.69) is 10.2 Å². The number of aromatic nitrogens is 3. The van der Waals surface area contributed by atoms with E-state index in [0.717, 1.165) is 23.0 Å². The summed E-state index contributed by atoms with van der Waals surface area (Å²) < 4.78 is 38.1. The number of carbonyl (C=O) groups is 1. The Hall–Kier alpha value is -2.03. The van der Waals surface area contributed by atoms with E-state index in [1.54, 1.807) is 4.57 Å². The van der Waals surface area contributed by atoms with Crippen molar-refractivity contribution < 1.29 is 18.0 Å². The summed E-state index contributed by atoms with van der Waals surface area (Å²) in [5, 5.41) is 9.33. The molecule has 5 nitrogen and oxygen atoms in total. The topological polar surface area (TPSA) is 59.8 Å². The highest BCUT2D eigenvalue weighted by Crippen LogP contribution is 2.25. The molecule has 1 unspecified atom stereocenters. The lowest BCUT2D eigenvalue weighted by Gasteiger charge is -2.14. The van der Waals surface area contributed by atoms with Crippen molar-refractivity contribution in [2.24, 2.45) is 0 Å². The molecular formula is C14H15F3N4OS. The summed E-state index contributed by atoms with van der Waals surface area (Å²) in [7, 11) is 0. The van der Waals surface area contributed by atoms with Crippen LogP contribution in [0.4, 0.5) is 13.2 Å². The lowest BCUT2D eigenvalue weighted by Crippen LogP contribution is -2.38. The van der Waals surface area contributed by atoms with Gasteiger partial charge < -0.3 is 5.32 Å². The molecule has 1 atom stereocenters. The van der Waals surface area contributed by atoms with Crippen LogP contribution in [-0.2, 0) is 4.79 Å². The van der Waals surface area contributed by atoms with Crippen molar-refractivity contribution >= 4 is 17.7 Å². The number of carbonyl (C=O) groups excluding carboxylic acids is 1. The molecule has 9 heteroatoms. The number of nitrogens with zero attached hydrogens (tertiary/aromatic N) is 3. The summed E-state index contributed by atoms with van der Waals surface area (Å²) in [6.45, 7) is 2.09. The molecule has 2 rings (SSSR count). The largest absolute Gasteiger partial charge is 0.405 e. The van der Waals surface area contributed by atoms with Crippen LogP contribution in [0.25, 0.3) is 5.69 Å². The second-order valence-electron chi connectivity index (χ2n) is 4.86. The van der Waals surface area contributed by atoms with Crippen LogP contribution < -0.4 is 5.32 Å². The molecule has 23 heavy (non-hydrogen) atoms. The van der Waals surface area contributed by atoms with Gasteiger partial charge in [0.15, 0.2) is 5.16 Å².